The van der Waals surface area contributed by atoms with Crippen molar-refractivity contribution in [2.45, 2.75) is 20.3 Å². The minimum Gasteiger partial charge on any atom is -0.384 e. The van der Waals surface area contributed by atoms with Crippen molar-refractivity contribution in [1.82, 2.24) is 9.97 Å². The fourth-order valence-electron chi connectivity index (χ4n) is 2.29. The maximum atomic E-state index is 13.5. The lowest BCUT2D eigenvalue weighted by molar-refractivity contribution is 0.619. The number of anilines is 1. The van der Waals surface area contributed by atoms with E-state index < -0.39 is 0 Å². The summed E-state index contributed by atoms with van der Waals surface area (Å²) in [5.74, 6) is 0.273. The van der Waals surface area contributed by atoms with Crippen LogP contribution in [-0.2, 0) is 6.42 Å². The van der Waals surface area contributed by atoms with Crippen LogP contribution in [0.5, 0.6) is 0 Å². The van der Waals surface area contributed by atoms with Crippen LogP contribution in [0.1, 0.15) is 17.5 Å². The van der Waals surface area contributed by atoms with E-state index in [9.17, 15) is 4.39 Å². The normalized spacial score (nSPS) is 10.9. The summed E-state index contributed by atoms with van der Waals surface area (Å²) in [6, 6.07) is 8.85. The molecule has 0 aliphatic rings. The minimum atomic E-state index is -0.204. The van der Waals surface area contributed by atoms with Crippen LogP contribution in [-0.4, -0.2) is 9.97 Å². The second kappa shape index (κ2) is 5.85. The fraction of sp³-hybridized carbons (Fsp3) is 0.176. The zero-order valence-electron chi connectivity index (χ0n) is 12.4. The molecule has 3 aromatic rings. The number of nitrogen functional groups attached to an aromatic ring is 1. The van der Waals surface area contributed by atoms with E-state index in [1.165, 1.54) is 6.07 Å². The quantitative estimate of drug-likeness (QED) is 0.776. The first-order chi connectivity index (χ1) is 10.6. The van der Waals surface area contributed by atoms with Crippen molar-refractivity contribution in [2.24, 2.45) is 0 Å². The predicted octanol–water partition coefficient (Wildman–Crippen LogP) is 4.46. The molecule has 0 amide bonds. The lowest BCUT2D eigenvalue weighted by Crippen LogP contribution is -1.90. The molecule has 0 fully saturated rings. The summed E-state index contributed by atoms with van der Waals surface area (Å²) in [5, 5.41) is 1.04. The van der Waals surface area contributed by atoms with Crippen LogP contribution < -0.4 is 5.73 Å². The van der Waals surface area contributed by atoms with E-state index in [0.717, 1.165) is 33.1 Å². The lowest BCUT2D eigenvalue weighted by Gasteiger charge is -2.05. The Labute approximate surface area is 132 Å². The largest absolute Gasteiger partial charge is 0.384 e. The van der Waals surface area contributed by atoms with Gasteiger partial charge in [0.2, 0.25) is 0 Å². The zero-order chi connectivity index (χ0) is 15.7. The van der Waals surface area contributed by atoms with Gasteiger partial charge in [-0.1, -0.05) is 6.92 Å². The maximum absolute atomic E-state index is 13.5. The van der Waals surface area contributed by atoms with Crippen molar-refractivity contribution in [2.75, 3.05) is 5.73 Å². The van der Waals surface area contributed by atoms with Gasteiger partial charge in [-0.25, -0.2) is 14.4 Å². The van der Waals surface area contributed by atoms with E-state index in [2.05, 4.69) is 11.9 Å². The van der Waals surface area contributed by atoms with Gasteiger partial charge in [-0.05, 0) is 54.8 Å². The van der Waals surface area contributed by atoms with Gasteiger partial charge in [0.05, 0.1) is 15.6 Å². The van der Waals surface area contributed by atoms with Crippen LogP contribution in [0, 0.1) is 12.7 Å². The molecule has 0 spiro atoms. The third kappa shape index (κ3) is 2.72. The number of nitrogens with two attached hydrogens (primary N) is 1. The molecule has 0 aliphatic heterocycles. The molecule has 1 aromatic carbocycles. The van der Waals surface area contributed by atoms with Crippen LogP contribution in [0.25, 0.3) is 21.7 Å². The standard InChI is InChI=1S/C17H16FN3S/c1-3-15-21-16(11-4-5-13(18)10(2)8-11)17(22-15)12-6-7-20-14(19)9-12/h4-9H,3H2,1-2H3,(H2,19,20). The van der Waals surface area contributed by atoms with Crippen LogP contribution in [0.2, 0.25) is 0 Å². The Hall–Kier alpha value is -2.27. The van der Waals surface area contributed by atoms with Crippen LogP contribution in [0.4, 0.5) is 10.2 Å². The number of rotatable bonds is 3. The summed E-state index contributed by atoms with van der Waals surface area (Å²) in [7, 11) is 0. The Morgan fingerprint density at radius 2 is 2.00 bits per heavy atom. The Kier molecular flexibility index (Phi) is 3.90. The Bertz CT molecular complexity index is 827. The molecule has 5 heteroatoms. The molecule has 112 valence electrons. The van der Waals surface area contributed by atoms with Crippen molar-refractivity contribution >= 4 is 17.2 Å². The predicted molar refractivity (Wildman–Crippen MR) is 89.3 cm³/mol. The van der Waals surface area contributed by atoms with Gasteiger partial charge in [0.25, 0.3) is 0 Å². The van der Waals surface area contributed by atoms with Crippen molar-refractivity contribution in [3.05, 3.63) is 52.9 Å². The fourth-order valence-corrected chi connectivity index (χ4v) is 3.31. The topological polar surface area (TPSA) is 51.8 Å². The van der Waals surface area contributed by atoms with Crippen molar-refractivity contribution in [1.29, 1.82) is 0 Å². The number of hydrogen-bond donors (Lipinski definition) is 1. The molecule has 22 heavy (non-hydrogen) atoms. The monoisotopic (exact) mass is 313 g/mol. The number of benzene rings is 1. The van der Waals surface area contributed by atoms with Crippen molar-refractivity contribution < 1.29 is 4.39 Å². The number of thiazole rings is 1. The van der Waals surface area contributed by atoms with Crippen LogP contribution in [0.3, 0.4) is 0 Å². The first-order valence-electron chi connectivity index (χ1n) is 7.06. The van der Waals surface area contributed by atoms with Crippen molar-refractivity contribution in [3.8, 4) is 21.7 Å². The zero-order valence-corrected chi connectivity index (χ0v) is 13.2. The third-order valence-corrected chi connectivity index (χ3v) is 4.70. The van der Waals surface area contributed by atoms with Gasteiger partial charge in [0, 0.05) is 11.8 Å². The summed E-state index contributed by atoms with van der Waals surface area (Å²) in [6.45, 7) is 3.83. The van der Waals surface area contributed by atoms with Crippen molar-refractivity contribution in [3.63, 3.8) is 0 Å². The highest BCUT2D eigenvalue weighted by Gasteiger charge is 2.15. The van der Waals surface area contributed by atoms with Gasteiger partial charge < -0.3 is 5.73 Å². The smallest absolute Gasteiger partial charge is 0.126 e. The van der Waals surface area contributed by atoms with E-state index in [1.807, 2.05) is 18.2 Å². The highest BCUT2D eigenvalue weighted by atomic mass is 32.1. The molecular weight excluding hydrogens is 297 g/mol. The molecule has 0 saturated heterocycles. The average Bonchev–Trinajstić information content (AvgIpc) is 2.94. The van der Waals surface area contributed by atoms with E-state index in [0.29, 0.717) is 11.4 Å². The Morgan fingerprint density at radius 3 is 2.68 bits per heavy atom. The van der Waals surface area contributed by atoms with Crippen LogP contribution >= 0.6 is 11.3 Å². The van der Waals surface area contributed by atoms with E-state index >= 15 is 0 Å². The second-order valence-electron chi connectivity index (χ2n) is 5.07. The molecular formula is C17H16FN3S. The highest BCUT2D eigenvalue weighted by Crippen LogP contribution is 2.37. The first-order valence-corrected chi connectivity index (χ1v) is 7.88. The number of halogens is 1. The molecule has 2 N–H and O–H groups in total. The molecule has 0 bridgehead atoms. The summed E-state index contributed by atoms with van der Waals surface area (Å²) < 4.78 is 13.5. The number of pyridine rings is 1. The molecule has 2 aromatic heterocycles. The lowest BCUT2D eigenvalue weighted by atomic mass is 10.0. The third-order valence-electron chi connectivity index (χ3n) is 3.45. The number of aromatic nitrogens is 2. The van der Waals surface area contributed by atoms with Gasteiger partial charge in [-0.2, -0.15) is 0 Å². The summed E-state index contributed by atoms with van der Waals surface area (Å²) in [6.07, 6.45) is 2.55. The number of nitrogens with zero attached hydrogens (tertiary/aromatic N) is 2. The Morgan fingerprint density at radius 1 is 1.18 bits per heavy atom. The highest BCUT2D eigenvalue weighted by molar-refractivity contribution is 7.15. The first kappa shape index (κ1) is 14.7. The molecule has 3 rings (SSSR count). The molecule has 0 atom stereocenters. The average molecular weight is 313 g/mol. The van der Waals surface area contributed by atoms with Gasteiger partial charge in [-0.3, -0.25) is 0 Å². The SMILES string of the molecule is CCc1nc(-c2ccc(F)c(C)c2)c(-c2ccnc(N)c2)s1. The van der Waals surface area contributed by atoms with Crippen LogP contribution in [0.15, 0.2) is 36.5 Å². The maximum Gasteiger partial charge on any atom is 0.126 e. The number of aryl methyl sites for hydroxylation is 2. The minimum absolute atomic E-state index is 0.204. The molecule has 3 nitrogen and oxygen atoms in total. The molecule has 0 saturated carbocycles. The summed E-state index contributed by atoms with van der Waals surface area (Å²) in [5.41, 5.74) is 9.18. The number of hydrogen-bond acceptors (Lipinski definition) is 4. The molecule has 0 aliphatic carbocycles. The van der Waals surface area contributed by atoms with Gasteiger partial charge >= 0.3 is 0 Å². The molecule has 0 unspecified atom stereocenters. The van der Waals surface area contributed by atoms with E-state index in [4.69, 9.17) is 10.7 Å². The van der Waals surface area contributed by atoms with Gasteiger partial charge in [-0.15, -0.1) is 11.3 Å². The summed E-state index contributed by atoms with van der Waals surface area (Å²) in [4.78, 5) is 9.78. The second-order valence-corrected chi connectivity index (χ2v) is 6.16. The Balaban J connectivity index is 2.18. The molecule has 2 heterocycles. The van der Waals surface area contributed by atoms with E-state index in [1.54, 1.807) is 30.5 Å². The summed E-state index contributed by atoms with van der Waals surface area (Å²) >= 11 is 1.64. The molecule has 0 radical (unpaired) electrons. The van der Waals surface area contributed by atoms with Gasteiger partial charge in [0.15, 0.2) is 0 Å². The van der Waals surface area contributed by atoms with Gasteiger partial charge in [0.1, 0.15) is 11.6 Å². The van der Waals surface area contributed by atoms with E-state index in [-0.39, 0.29) is 5.82 Å².